The van der Waals surface area contributed by atoms with E-state index in [4.69, 9.17) is 0 Å². The maximum absolute atomic E-state index is 11.3. The highest BCUT2D eigenvalue weighted by Crippen LogP contribution is 2.18. The molecule has 1 aromatic heterocycles. The molecular weight excluding hydrogens is 224 g/mol. The number of hydrogen-bond donors (Lipinski definition) is 1. The number of rotatable bonds is 3. The van der Waals surface area contributed by atoms with Crippen LogP contribution in [-0.4, -0.2) is 4.57 Å². The van der Waals surface area contributed by atoms with Crippen molar-refractivity contribution in [1.29, 1.82) is 0 Å². The zero-order chi connectivity index (χ0) is 13.1. The van der Waals surface area contributed by atoms with E-state index in [1.54, 1.807) is 17.7 Å². The summed E-state index contributed by atoms with van der Waals surface area (Å²) in [5.41, 5.74) is 3.44. The minimum atomic E-state index is 0.00348. The van der Waals surface area contributed by atoms with E-state index in [1.165, 1.54) is 11.1 Å². The molecule has 1 heterocycles. The molecule has 0 aliphatic carbocycles. The average Bonchev–Trinajstić information content (AvgIpc) is 2.34. The number of anilines is 1. The maximum atomic E-state index is 11.3. The van der Waals surface area contributed by atoms with Crippen molar-refractivity contribution in [1.82, 2.24) is 4.57 Å². The second-order valence-electron chi connectivity index (χ2n) is 4.65. The quantitative estimate of drug-likeness (QED) is 0.898. The number of aryl methyl sites for hydroxylation is 2. The fourth-order valence-corrected chi connectivity index (χ4v) is 1.95. The Morgan fingerprint density at radius 2 is 2.00 bits per heavy atom. The Labute approximate surface area is 107 Å². The summed E-state index contributed by atoms with van der Waals surface area (Å²) in [7, 11) is 1.75. The van der Waals surface area contributed by atoms with Crippen molar-refractivity contribution < 1.29 is 0 Å². The summed E-state index contributed by atoms with van der Waals surface area (Å²) in [5, 5.41) is 3.39. The summed E-state index contributed by atoms with van der Waals surface area (Å²) in [4.78, 5) is 11.3. The van der Waals surface area contributed by atoms with E-state index in [2.05, 4.69) is 43.4 Å². The monoisotopic (exact) mass is 242 g/mol. The summed E-state index contributed by atoms with van der Waals surface area (Å²) in [6.07, 6.45) is 1.81. The molecular formula is C15H18N2O. The van der Waals surface area contributed by atoms with Gasteiger partial charge in [-0.2, -0.15) is 0 Å². The molecule has 0 aliphatic heterocycles. The molecule has 18 heavy (non-hydrogen) atoms. The fourth-order valence-electron chi connectivity index (χ4n) is 1.95. The van der Waals surface area contributed by atoms with Gasteiger partial charge in [0.15, 0.2) is 0 Å². The average molecular weight is 242 g/mol. The van der Waals surface area contributed by atoms with Gasteiger partial charge in [-0.1, -0.05) is 29.8 Å². The number of pyridine rings is 1. The van der Waals surface area contributed by atoms with Crippen LogP contribution in [0.25, 0.3) is 0 Å². The molecule has 3 nitrogen and oxygen atoms in total. The lowest BCUT2D eigenvalue weighted by atomic mass is 10.1. The Morgan fingerprint density at radius 1 is 1.22 bits per heavy atom. The maximum Gasteiger partial charge on any atom is 0.250 e. The van der Waals surface area contributed by atoms with Gasteiger partial charge in [0.05, 0.1) is 5.69 Å². The van der Waals surface area contributed by atoms with Gasteiger partial charge in [0.1, 0.15) is 0 Å². The molecule has 0 amide bonds. The minimum absolute atomic E-state index is 0.00348. The molecule has 0 fully saturated rings. The largest absolute Gasteiger partial charge is 0.377 e. The van der Waals surface area contributed by atoms with Gasteiger partial charge in [-0.25, -0.2) is 0 Å². The van der Waals surface area contributed by atoms with Crippen LogP contribution >= 0.6 is 0 Å². The molecule has 1 aromatic carbocycles. The van der Waals surface area contributed by atoms with Crippen LogP contribution in [0.2, 0.25) is 0 Å². The van der Waals surface area contributed by atoms with Crippen molar-refractivity contribution >= 4 is 5.69 Å². The predicted octanol–water partition coefficient (Wildman–Crippen LogP) is 2.87. The van der Waals surface area contributed by atoms with Gasteiger partial charge in [0.2, 0.25) is 5.56 Å². The molecule has 1 unspecified atom stereocenters. The van der Waals surface area contributed by atoms with Crippen molar-refractivity contribution in [2.45, 2.75) is 19.9 Å². The van der Waals surface area contributed by atoms with Crippen LogP contribution < -0.4 is 10.9 Å². The molecule has 0 saturated carbocycles. The molecule has 0 saturated heterocycles. The van der Waals surface area contributed by atoms with Gasteiger partial charge in [0, 0.05) is 25.4 Å². The van der Waals surface area contributed by atoms with Gasteiger partial charge < -0.3 is 9.88 Å². The van der Waals surface area contributed by atoms with Crippen molar-refractivity contribution in [3.05, 3.63) is 64.1 Å². The second-order valence-corrected chi connectivity index (χ2v) is 4.65. The number of aromatic nitrogens is 1. The smallest absolute Gasteiger partial charge is 0.250 e. The normalized spacial score (nSPS) is 12.2. The first-order valence-electron chi connectivity index (χ1n) is 6.06. The van der Waals surface area contributed by atoms with Crippen LogP contribution in [0.15, 0.2) is 47.4 Å². The lowest BCUT2D eigenvalue weighted by Crippen LogP contribution is -2.16. The molecule has 1 N–H and O–H groups in total. The van der Waals surface area contributed by atoms with E-state index in [1.807, 2.05) is 12.3 Å². The summed E-state index contributed by atoms with van der Waals surface area (Å²) in [6, 6.07) is 12.0. The molecule has 0 aliphatic rings. The number of benzene rings is 1. The fraction of sp³-hybridized carbons (Fsp3) is 0.267. The van der Waals surface area contributed by atoms with Crippen LogP contribution in [0.5, 0.6) is 0 Å². The summed E-state index contributed by atoms with van der Waals surface area (Å²) in [5.74, 6) is 0. The molecule has 1 atom stereocenters. The zero-order valence-corrected chi connectivity index (χ0v) is 11.0. The first-order valence-corrected chi connectivity index (χ1v) is 6.06. The topological polar surface area (TPSA) is 34.0 Å². The molecule has 2 rings (SSSR count). The number of hydrogen-bond acceptors (Lipinski definition) is 2. The molecule has 0 spiro atoms. The van der Waals surface area contributed by atoms with Gasteiger partial charge in [-0.15, -0.1) is 0 Å². The van der Waals surface area contributed by atoms with E-state index < -0.39 is 0 Å². The van der Waals surface area contributed by atoms with Crippen molar-refractivity contribution in [3.63, 3.8) is 0 Å². The lowest BCUT2D eigenvalue weighted by Gasteiger charge is -2.16. The van der Waals surface area contributed by atoms with Crippen LogP contribution in [0.3, 0.4) is 0 Å². The van der Waals surface area contributed by atoms with E-state index in [0.717, 1.165) is 5.69 Å². The highest BCUT2D eigenvalue weighted by molar-refractivity contribution is 5.43. The first-order chi connectivity index (χ1) is 8.56. The molecule has 94 valence electrons. The second kappa shape index (κ2) is 5.08. The summed E-state index contributed by atoms with van der Waals surface area (Å²) >= 11 is 0. The van der Waals surface area contributed by atoms with Gasteiger partial charge in [0.25, 0.3) is 0 Å². The van der Waals surface area contributed by atoms with E-state index in [-0.39, 0.29) is 11.6 Å². The minimum Gasteiger partial charge on any atom is -0.377 e. The molecule has 3 heteroatoms. The third-order valence-electron chi connectivity index (χ3n) is 3.01. The third kappa shape index (κ3) is 2.80. The Kier molecular flexibility index (Phi) is 3.51. The Balaban J connectivity index is 2.18. The van der Waals surface area contributed by atoms with Crippen LogP contribution in [0.1, 0.15) is 24.1 Å². The lowest BCUT2D eigenvalue weighted by molar-refractivity contribution is 0.839. The predicted molar refractivity (Wildman–Crippen MR) is 74.9 cm³/mol. The number of nitrogens with zero attached hydrogens (tertiary/aromatic N) is 1. The van der Waals surface area contributed by atoms with Crippen LogP contribution in [0, 0.1) is 6.92 Å². The Hall–Kier alpha value is -2.03. The first kappa shape index (κ1) is 12.4. The molecule has 0 radical (unpaired) electrons. The van der Waals surface area contributed by atoms with E-state index in [9.17, 15) is 4.79 Å². The molecule has 2 aromatic rings. The van der Waals surface area contributed by atoms with Gasteiger partial charge in [-0.05, 0) is 25.5 Å². The van der Waals surface area contributed by atoms with Crippen LogP contribution in [-0.2, 0) is 7.05 Å². The third-order valence-corrected chi connectivity index (χ3v) is 3.01. The highest BCUT2D eigenvalue weighted by atomic mass is 16.1. The Morgan fingerprint density at radius 3 is 2.67 bits per heavy atom. The number of nitrogens with one attached hydrogen (secondary N) is 1. The zero-order valence-electron chi connectivity index (χ0n) is 11.0. The van der Waals surface area contributed by atoms with Crippen molar-refractivity contribution in [2.75, 3.05) is 5.32 Å². The molecule has 0 bridgehead atoms. The summed E-state index contributed by atoms with van der Waals surface area (Å²) in [6.45, 7) is 4.20. The standard InChI is InChI=1S/C15H18N2O/c1-11-5-4-6-13(9-11)12(2)16-14-7-8-15(18)17(3)10-14/h4-10,12,16H,1-3H3. The van der Waals surface area contributed by atoms with E-state index >= 15 is 0 Å². The Bertz CT molecular complexity index is 601. The van der Waals surface area contributed by atoms with Crippen molar-refractivity contribution in [3.8, 4) is 0 Å². The van der Waals surface area contributed by atoms with Crippen LogP contribution in [0.4, 0.5) is 5.69 Å². The van der Waals surface area contributed by atoms with Gasteiger partial charge in [-0.3, -0.25) is 4.79 Å². The SMILES string of the molecule is Cc1cccc(C(C)Nc2ccc(=O)n(C)c2)c1. The van der Waals surface area contributed by atoms with E-state index in [0.29, 0.717) is 0 Å². The van der Waals surface area contributed by atoms with Crippen molar-refractivity contribution in [2.24, 2.45) is 7.05 Å². The summed E-state index contributed by atoms with van der Waals surface area (Å²) < 4.78 is 1.57. The van der Waals surface area contributed by atoms with Gasteiger partial charge >= 0.3 is 0 Å². The highest BCUT2D eigenvalue weighted by Gasteiger charge is 2.05.